The fourth-order valence-corrected chi connectivity index (χ4v) is 3.78. The predicted molar refractivity (Wildman–Crippen MR) is 74.5 cm³/mol. The molecule has 18 heavy (non-hydrogen) atoms. The average Bonchev–Trinajstić information content (AvgIpc) is 2.73. The van der Waals surface area contributed by atoms with Gasteiger partial charge in [-0.3, -0.25) is 0 Å². The zero-order valence-corrected chi connectivity index (χ0v) is 11.5. The summed E-state index contributed by atoms with van der Waals surface area (Å²) in [4.78, 5) is 0. The maximum Gasteiger partial charge on any atom is 0.127 e. The van der Waals surface area contributed by atoms with Gasteiger partial charge >= 0.3 is 0 Å². The van der Waals surface area contributed by atoms with Crippen LogP contribution in [0, 0.1) is 5.82 Å². The standard InChI is InChI=1S/C14H20FNOS/c1-2-18-14-5-3-4-13(14)16-9-10-6-11(15)8-12(17)7-10/h6-8,13-14,16-17H,2-5,9H2,1H3. The topological polar surface area (TPSA) is 32.3 Å². The number of nitrogens with one attached hydrogen (secondary N) is 1. The van der Waals surface area contributed by atoms with Crippen LogP contribution in [0.5, 0.6) is 5.75 Å². The van der Waals surface area contributed by atoms with Crippen molar-refractivity contribution in [1.29, 1.82) is 0 Å². The van der Waals surface area contributed by atoms with Gasteiger partial charge in [0, 0.05) is 23.9 Å². The van der Waals surface area contributed by atoms with E-state index in [1.165, 1.54) is 25.3 Å². The summed E-state index contributed by atoms with van der Waals surface area (Å²) in [6.07, 6.45) is 3.73. The van der Waals surface area contributed by atoms with Crippen LogP contribution in [0.1, 0.15) is 31.7 Å². The van der Waals surface area contributed by atoms with Gasteiger partial charge in [0.15, 0.2) is 0 Å². The largest absolute Gasteiger partial charge is 0.508 e. The van der Waals surface area contributed by atoms with Gasteiger partial charge < -0.3 is 10.4 Å². The molecule has 0 amide bonds. The first-order chi connectivity index (χ1) is 8.69. The number of thioether (sulfide) groups is 1. The van der Waals surface area contributed by atoms with Crippen molar-refractivity contribution in [2.45, 2.75) is 44.0 Å². The lowest BCUT2D eigenvalue weighted by molar-refractivity contribution is 0.465. The second kappa shape index (κ2) is 6.43. The number of rotatable bonds is 5. The quantitative estimate of drug-likeness (QED) is 0.860. The Hall–Kier alpha value is -0.740. The Kier molecular flexibility index (Phi) is 4.89. The lowest BCUT2D eigenvalue weighted by atomic mass is 10.2. The van der Waals surface area contributed by atoms with E-state index in [-0.39, 0.29) is 11.6 Å². The highest BCUT2D eigenvalue weighted by atomic mass is 32.2. The lowest BCUT2D eigenvalue weighted by Gasteiger charge is -2.20. The van der Waals surface area contributed by atoms with E-state index in [2.05, 4.69) is 12.2 Å². The molecule has 0 radical (unpaired) electrons. The van der Waals surface area contributed by atoms with Gasteiger partial charge in [-0.1, -0.05) is 13.3 Å². The van der Waals surface area contributed by atoms with Crippen LogP contribution in [-0.4, -0.2) is 22.2 Å². The molecule has 2 N–H and O–H groups in total. The summed E-state index contributed by atoms with van der Waals surface area (Å²) < 4.78 is 13.1. The molecule has 0 spiro atoms. The van der Waals surface area contributed by atoms with Crippen LogP contribution in [0.25, 0.3) is 0 Å². The van der Waals surface area contributed by atoms with Crippen LogP contribution < -0.4 is 5.32 Å². The molecule has 1 aromatic carbocycles. The second-order valence-corrected chi connectivity index (χ2v) is 6.25. The van der Waals surface area contributed by atoms with E-state index in [9.17, 15) is 9.50 Å². The third-order valence-electron chi connectivity index (χ3n) is 3.34. The molecule has 0 aliphatic heterocycles. The number of benzene rings is 1. The Morgan fingerprint density at radius 2 is 2.22 bits per heavy atom. The van der Waals surface area contributed by atoms with E-state index in [0.29, 0.717) is 17.8 Å². The van der Waals surface area contributed by atoms with Crippen LogP contribution in [0.3, 0.4) is 0 Å². The minimum Gasteiger partial charge on any atom is -0.508 e. The predicted octanol–water partition coefficient (Wildman–Crippen LogP) is 3.30. The first-order valence-corrected chi connectivity index (χ1v) is 7.57. The highest BCUT2D eigenvalue weighted by molar-refractivity contribution is 7.99. The van der Waals surface area contributed by atoms with Crippen molar-refractivity contribution in [3.63, 3.8) is 0 Å². The van der Waals surface area contributed by atoms with Crippen LogP contribution in [0.2, 0.25) is 0 Å². The zero-order valence-electron chi connectivity index (χ0n) is 10.7. The minimum atomic E-state index is -0.377. The molecule has 1 saturated carbocycles. The zero-order chi connectivity index (χ0) is 13.0. The van der Waals surface area contributed by atoms with Crippen molar-refractivity contribution in [2.24, 2.45) is 0 Å². The summed E-state index contributed by atoms with van der Waals surface area (Å²) in [5, 5.41) is 13.5. The van der Waals surface area contributed by atoms with Gasteiger partial charge in [0.05, 0.1) is 0 Å². The van der Waals surface area contributed by atoms with Gasteiger partial charge in [0.25, 0.3) is 0 Å². The Labute approximate surface area is 112 Å². The van der Waals surface area contributed by atoms with Gasteiger partial charge in [-0.15, -0.1) is 0 Å². The van der Waals surface area contributed by atoms with Crippen LogP contribution >= 0.6 is 11.8 Å². The molecule has 4 heteroatoms. The molecule has 1 fully saturated rings. The molecular weight excluding hydrogens is 249 g/mol. The highest BCUT2D eigenvalue weighted by Crippen LogP contribution is 2.30. The highest BCUT2D eigenvalue weighted by Gasteiger charge is 2.26. The van der Waals surface area contributed by atoms with E-state index in [0.717, 1.165) is 17.4 Å². The fraction of sp³-hybridized carbons (Fsp3) is 0.571. The number of hydrogen-bond donors (Lipinski definition) is 2. The monoisotopic (exact) mass is 269 g/mol. The fourth-order valence-electron chi connectivity index (χ4n) is 2.56. The first kappa shape index (κ1) is 13.7. The first-order valence-electron chi connectivity index (χ1n) is 6.52. The molecule has 2 unspecified atom stereocenters. The number of phenolic OH excluding ortho intramolecular Hbond substituents is 1. The Morgan fingerprint density at radius 1 is 1.39 bits per heavy atom. The number of aromatic hydroxyl groups is 1. The normalized spacial score (nSPS) is 23.4. The third kappa shape index (κ3) is 3.62. The maximum absolute atomic E-state index is 13.1. The molecule has 0 saturated heterocycles. The number of halogens is 1. The molecule has 100 valence electrons. The van der Waals surface area contributed by atoms with E-state index < -0.39 is 0 Å². The van der Waals surface area contributed by atoms with Gasteiger partial charge in [-0.05, 0) is 36.3 Å². The van der Waals surface area contributed by atoms with E-state index in [4.69, 9.17) is 0 Å². The molecule has 1 aliphatic carbocycles. The van der Waals surface area contributed by atoms with E-state index in [1.54, 1.807) is 6.07 Å². The number of phenols is 1. The molecule has 1 aromatic rings. The van der Waals surface area contributed by atoms with Crippen molar-refractivity contribution in [2.75, 3.05) is 5.75 Å². The van der Waals surface area contributed by atoms with Gasteiger partial charge in [-0.2, -0.15) is 11.8 Å². The summed E-state index contributed by atoms with van der Waals surface area (Å²) in [6.45, 7) is 2.81. The molecular formula is C14H20FNOS. The second-order valence-electron chi connectivity index (χ2n) is 4.73. The molecule has 2 nitrogen and oxygen atoms in total. The molecule has 1 aliphatic rings. The third-order valence-corrected chi connectivity index (χ3v) is 4.67. The molecule has 0 aromatic heterocycles. The van der Waals surface area contributed by atoms with Crippen LogP contribution in [0.15, 0.2) is 18.2 Å². The van der Waals surface area contributed by atoms with Crippen molar-refractivity contribution in [1.82, 2.24) is 5.32 Å². The van der Waals surface area contributed by atoms with E-state index in [1.807, 2.05) is 11.8 Å². The van der Waals surface area contributed by atoms with Crippen molar-refractivity contribution >= 4 is 11.8 Å². The summed E-state index contributed by atoms with van der Waals surface area (Å²) in [5.41, 5.74) is 0.805. The summed E-state index contributed by atoms with van der Waals surface area (Å²) in [7, 11) is 0. The number of hydrogen-bond acceptors (Lipinski definition) is 3. The Balaban J connectivity index is 1.90. The van der Waals surface area contributed by atoms with Crippen molar-refractivity contribution < 1.29 is 9.50 Å². The maximum atomic E-state index is 13.1. The average molecular weight is 269 g/mol. The Morgan fingerprint density at radius 3 is 2.94 bits per heavy atom. The summed E-state index contributed by atoms with van der Waals surface area (Å²) in [6, 6.07) is 4.74. The molecule has 2 atom stereocenters. The summed E-state index contributed by atoms with van der Waals surface area (Å²) in [5.74, 6) is 0.763. The molecule has 0 heterocycles. The van der Waals surface area contributed by atoms with Gasteiger partial charge in [0.1, 0.15) is 11.6 Å². The summed E-state index contributed by atoms with van der Waals surface area (Å²) >= 11 is 2.00. The van der Waals surface area contributed by atoms with E-state index >= 15 is 0 Å². The smallest absolute Gasteiger partial charge is 0.127 e. The van der Waals surface area contributed by atoms with Crippen LogP contribution in [0.4, 0.5) is 4.39 Å². The van der Waals surface area contributed by atoms with Gasteiger partial charge in [0.2, 0.25) is 0 Å². The van der Waals surface area contributed by atoms with Crippen LogP contribution in [-0.2, 0) is 6.54 Å². The molecule has 0 bridgehead atoms. The molecule has 2 rings (SSSR count). The lowest BCUT2D eigenvalue weighted by Crippen LogP contribution is -2.33. The van der Waals surface area contributed by atoms with Crippen molar-refractivity contribution in [3.8, 4) is 5.75 Å². The Bertz CT molecular complexity index is 379. The minimum absolute atomic E-state index is 0.00212. The SMILES string of the molecule is CCSC1CCCC1NCc1cc(O)cc(F)c1. The van der Waals surface area contributed by atoms with Gasteiger partial charge in [-0.25, -0.2) is 4.39 Å². The van der Waals surface area contributed by atoms with Crippen molar-refractivity contribution in [3.05, 3.63) is 29.6 Å².